The third kappa shape index (κ3) is 4.18. The molecule has 88 valence electrons. The van der Waals surface area contributed by atoms with Crippen LogP contribution in [0.3, 0.4) is 0 Å². The minimum atomic E-state index is -0.495. The summed E-state index contributed by atoms with van der Waals surface area (Å²) in [7, 11) is 0. The Morgan fingerprint density at radius 3 is 2.88 bits per heavy atom. The third-order valence-corrected chi connectivity index (χ3v) is 2.46. The van der Waals surface area contributed by atoms with Crippen LogP contribution in [0.25, 0.3) is 0 Å². The molecule has 0 amide bonds. The topological polar surface area (TPSA) is 47.6 Å². The van der Waals surface area contributed by atoms with E-state index in [9.17, 15) is 4.39 Å². The van der Waals surface area contributed by atoms with Crippen LogP contribution >= 0.6 is 15.9 Å². The highest BCUT2D eigenvalue weighted by Gasteiger charge is 2.02. The molecule has 0 spiro atoms. The van der Waals surface area contributed by atoms with Crippen LogP contribution in [0.5, 0.6) is 5.75 Å². The number of amidine groups is 1. The number of ether oxygens (including phenoxy) is 1. The average molecular weight is 288 g/mol. The van der Waals surface area contributed by atoms with Crippen LogP contribution < -0.4 is 10.5 Å². The number of hydrogen-bond acceptors (Lipinski definition) is 2. The lowest BCUT2D eigenvalue weighted by atomic mass is 10.2. The molecule has 0 aliphatic carbocycles. The Balaban J connectivity index is 2.70. The first-order valence-corrected chi connectivity index (χ1v) is 5.66. The van der Waals surface area contributed by atoms with Gasteiger partial charge in [0, 0.05) is 0 Å². The van der Waals surface area contributed by atoms with Crippen molar-refractivity contribution in [3.8, 4) is 5.75 Å². The minimum absolute atomic E-state index is 0.0675. The summed E-state index contributed by atoms with van der Waals surface area (Å²) in [4.78, 5) is 4.10. The van der Waals surface area contributed by atoms with Crippen LogP contribution in [0, 0.1) is 0 Å². The van der Waals surface area contributed by atoms with Crippen LogP contribution in [0.4, 0.5) is 4.39 Å². The molecule has 1 rings (SSSR count). The van der Waals surface area contributed by atoms with Gasteiger partial charge in [0.15, 0.2) is 0 Å². The lowest BCUT2D eigenvalue weighted by Crippen LogP contribution is -2.05. The van der Waals surface area contributed by atoms with Gasteiger partial charge in [-0.15, -0.1) is 0 Å². The van der Waals surface area contributed by atoms with E-state index in [-0.39, 0.29) is 6.61 Å². The van der Waals surface area contributed by atoms with E-state index in [1.54, 1.807) is 13.0 Å². The minimum Gasteiger partial charge on any atom is -0.490 e. The van der Waals surface area contributed by atoms with Crippen LogP contribution in [-0.2, 0) is 6.54 Å². The molecule has 16 heavy (non-hydrogen) atoms. The van der Waals surface area contributed by atoms with Crippen molar-refractivity contribution in [1.82, 2.24) is 0 Å². The predicted molar refractivity (Wildman–Crippen MR) is 66.6 cm³/mol. The van der Waals surface area contributed by atoms with Crippen molar-refractivity contribution < 1.29 is 9.13 Å². The molecule has 3 nitrogen and oxygen atoms in total. The number of hydrogen-bond donors (Lipinski definition) is 1. The second-order valence-corrected chi connectivity index (χ2v) is 4.11. The normalized spacial score (nSPS) is 11.6. The van der Waals surface area contributed by atoms with Gasteiger partial charge >= 0.3 is 0 Å². The van der Waals surface area contributed by atoms with E-state index in [4.69, 9.17) is 10.5 Å². The Labute approximate surface area is 103 Å². The summed E-state index contributed by atoms with van der Waals surface area (Å²) >= 11 is 3.36. The van der Waals surface area contributed by atoms with Crippen molar-refractivity contribution in [3.63, 3.8) is 0 Å². The molecule has 0 radical (unpaired) electrons. The van der Waals surface area contributed by atoms with Crippen LogP contribution in [0.2, 0.25) is 0 Å². The number of rotatable bonds is 5. The molecule has 0 unspecified atom stereocenters. The van der Waals surface area contributed by atoms with Crippen molar-refractivity contribution >= 4 is 21.8 Å². The molecular formula is C11H14BrFN2O. The van der Waals surface area contributed by atoms with Gasteiger partial charge in [0.2, 0.25) is 0 Å². The highest BCUT2D eigenvalue weighted by Crippen LogP contribution is 2.26. The Kier molecular flexibility index (Phi) is 5.25. The van der Waals surface area contributed by atoms with Gasteiger partial charge in [0.05, 0.1) is 16.9 Å². The maximum Gasteiger partial charge on any atom is 0.133 e. The fourth-order valence-corrected chi connectivity index (χ4v) is 1.66. The van der Waals surface area contributed by atoms with Gasteiger partial charge in [-0.1, -0.05) is 6.07 Å². The zero-order valence-electron chi connectivity index (χ0n) is 9.04. The molecule has 0 fully saturated rings. The maximum absolute atomic E-state index is 11.9. The SMILES string of the molecule is CC(N)=NCc1ccc(OCC[18F])c(Br)c1. The van der Waals surface area contributed by atoms with E-state index >= 15 is 0 Å². The summed E-state index contributed by atoms with van der Waals surface area (Å²) in [5.74, 6) is 1.18. The molecule has 2 N–H and O–H groups in total. The van der Waals surface area contributed by atoms with E-state index in [1.165, 1.54) is 0 Å². The fraction of sp³-hybridized carbons (Fsp3) is 0.364. The van der Waals surface area contributed by atoms with E-state index in [0.29, 0.717) is 18.1 Å². The van der Waals surface area contributed by atoms with E-state index in [2.05, 4.69) is 20.9 Å². The van der Waals surface area contributed by atoms with Crippen molar-refractivity contribution in [1.29, 1.82) is 0 Å². The first kappa shape index (κ1) is 13.0. The second kappa shape index (κ2) is 6.48. The van der Waals surface area contributed by atoms with Gasteiger partial charge < -0.3 is 10.5 Å². The van der Waals surface area contributed by atoms with Gasteiger partial charge in [0.25, 0.3) is 0 Å². The van der Waals surface area contributed by atoms with Gasteiger partial charge in [-0.2, -0.15) is 0 Å². The molecule has 0 aliphatic heterocycles. The monoisotopic (exact) mass is 287 g/mol. The molecule has 0 aromatic heterocycles. The number of halogens is 2. The average Bonchev–Trinajstić information content (AvgIpc) is 2.25. The van der Waals surface area contributed by atoms with E-state index in [1.807, 2.05) is 12.1 Å². The lowest BCUT2D eigenvalue weighted by molar-refractivity contribution is 0.272. The molecule has 1 aromatic rings. The molecule has 0 saturated carbocycles. The Morgan fingerprint density at radius 2 is 2.31 bits per heavy atom. The van der Waals surface area contributed by atoms with Crippen LogP contribution in [-0.4, -0.2) is 19.1 Å². The lowest BCUT2D eigenvalue weighted by Gasteiger charge is -2.07. The molecule has 0 saturated heterocycles. The standard InChI is InChI=1S/C11H14BrFN2O/c1-8(14)15-7-9-2-3-11(10(12)6-9)16-5-4-13/h2-3,6H,4-5,7H2,1H3,(H2,14,15)/i13-1. The van der Waals surface area contributed by atoms with Crippen molar-refractivity contribution in [3.05, 3.63) is 28.2 Å². The maximum atomic E-state index is 11.9. The number of benzene rings is 1. The van der Waals surface area contributed by atoms with Gasteiger partial charge in [-0.3, -0.25) is 4.99 Å². The summed E-state index contributed by atoms with van der Waals surface area (Å²) < 4.78 is 17.9. The zero-order valence-corrected chi connectivity index (χ0v) is 10.6. The first-order valence-electron chi connectivity index (χ1n) is 4.87. The summed E-state index contributed by atoms with van der Waals surface area (Å²) in [6.45, 7) is 1.85. The predicted octanol–water partition coefficient (Wildman–Crippen LogP) is 2.67. The highest BCUT2D eigenvalue weighted by molar-refractivity contribution is 9.10. The Bertz CT molecular complexity index is 378. The Hall–Kier alpha value is -1.10. The first-order chi connectivity index (χ1) is 7.63. The summed E-state index contributed by atoms with van der Waals surface area (Å²) in [6.07, 6.45) is 0. The Morgan fingerprint density at radius 1 is 1.56 bits per heavy atom. The third-order valence-electron chi connectivity index (χ3n) is 1.84. The molecule has 0 atom stereocenters. The highest BCUT2D eigenvalue weighted by atomic mass is 79.9. The van der Waals surface area contributed by atoms with E-state index in [0.717, 1.165) is 10.0 Å². The van der Waals surface area contributed by atoms with Gasteiger partial charge in [0.1, 0.15) is 19.0 Å². The molecular weight excluding hydrogens is 274 g/mol. The summed E-state index contributed by atoms with van der Waals surface area (Å²) in [5.41, 5.74) is 6.46. The van der Waals surface area contributed by atoms with Crippen LogP contribution in [0.1, 0.15) is 12.5 Å². The number of aliphatic imine (C=N–C) groups is 1. The number of nitrogens with zero attached hydrogens (tertiary/aromatic N) is 1. The zero-order chi connectivity index (χ0) is 12.0. The smallest absolute Gasteiger partial charge is 0.133 e. The quantitative estimate of drug-likeness (QED) is 0.669. The van der Waals surface area contributed by atoms with Crippen molar-refractivity contribution in [2.24, 2.45) is 10.7 Å². The number of alkyl halides is 1. The summed E-state index contributed by atoms with van der Waals surface area (Å²) in [5, 5.41) is 0. The van der Waals surface area contributed by atoms with E-state index < -0.39 is 6.67 Å². The van der Waals surface area contributed by atoms with Crippen molar-refractivity contribution in [2.75, 3.05) is 13.3 Å². The summed E-state index contributed by atoms with van der Waals surface area (Å²) in [6, 6.07) is 5.56. The molecule has 1 aromatic carbocycles. The molecule has 5 heteroatoms. The van der Waals surface area contributed by atoms with Gasteiger partial charge in [-0.05, 0) is 40.5 Å². The molecule has 0 heterocycles. The molecule has 0 bridgehead atoms. The molecule has 0 aliphatic rings. The second-order valence-electron chi connectivity index (χ2n) is 3.26. The fourth-order valence-electron chi connectivity index (χ4n) is 1.12. The van der Waals surface area contributed by atoms with Crippen LogP contribution in [0.15, 0.2) is 27.7 Å². The van der Waals surface area contributed by atoms with Crippen molar-refractivity contribution in [2.45, 2.75) is 13.5 Å². The largest absolute Gasteiger partial charge is 0.490 e. The number of nitrogens with two attached hydrogens (primary N) is 1. The van der Waals surface area contributed by atoms with Gasteiger partial charge in [-0.25, -0.2) is 4.39 Å².